The van der Waals surface area contributed by atoms with Gasteiger partial charge in [-0.2, -0.15) is 0 Å². The highest BCUT2D eigenvalue weighted by Gasteiger charge is 2.46. The molecule has 106 valence electrons. The van der Waals surface area contributed by atoms with E-state index in [4.69, 9.17) is 0 Å². The lowest BCUT2D eigenvalue weighted by Gasteiger charge is -2.22. The van der Waals surface area contributed by atoms with Crippen molar-refractivity contribution in [1.29, 1.82) is 0 Å². The zero-order chi connectivity index (χ0) is 15.0. The van der Waals surface area contributed by atoms with Gasteiger partial charge in [0.1, 0.15) is 5.78 Å². The van der Waals surface area contributed by atoms with Crippen molar-refractivity contribution in [2.45, 2.75) is 38.9 Å². The quantitative estimate of drug-likeness (QED) is 0.576. The van der Waals surface area contributed by atoms with Gasteiger partial charge in [-0.15, -0.1) is 0 Å². The first-order valence-electron chi connectivity index (χ1n) is 6.08. The maximum Gasteiger partial charge on any atom is 0.233 e. The van der Waals surface area contributed by atoms with Gasteiger partial charge in [-0.05, 0) is 6.92 Å². The van der Waals surface area contributed by atoms with Gasteiger partial charge < -0.3 is 0 Å². The fraction of sp³-hybridized carbons (Fsp3) is 0.692. The number of Topliss-reactive ketones (excluding diaryl/α,β-unsaturated/α-hetero) is 1. The van der Waals surface area contributed by atoms with Crippen molar-refractivity contribution in [2.24, 2.45) is 11.8 Å². The second-order valence-corrected chi connectivity index (χ2v) is 7.55. The first-order chi connectivity index (χ1) is 8.54. The van der Waals surface area contributed by atoms with Gasteiger partial charge in [0.15, 0.2) is 0 Å². The van der Waals surface area contributed by atoms with Crippen LogP contribution in [-0.4, -0.2) is 39.4 Å². The molecule has 1 unspecified atom stereocenters. The fourth-order valence-electron chi connectivity index (χ4n) is 2.02. The maximum atomic E-state index is 12.2. The maximum absolute atomic E-state index is 12.2. The summed E-state index contributed by atoms with van der Waals surface area (Å²) in [4.78, 5) is 48.3. The van der Waals surface area contributed by atoms with E-state index in [1.165, 1.54) is 14.0 Å². The number of ketones is 1. The van der Waals surface area contributed by atoms with Crippen LogP contribution >= 0.6 is 11.8 Å². The Hall–Kier alpha value is -1.17. The summed E-state index contributed by atoms with van der Waals surface area (Å²) in [6, 6.07) is 0. The number of imide groups is 1. The molecule has 0 N–H and O–H groups in total. The van der Waals surface area contributed by atoms with E-state index in [2.05, 4.69) is 0 Å². The van der Waals surface area contributed by atoms with Crippen molar-refractivity contribution < 1.29 is 19.2 Å². The van der Waals surface area contributed by atoms with Gasteiger partial charge in [0, 0.05) is 18.2 Å². The Labute approximate surface area is 117 Å². The molecule has 19 heavy (non-hydrogen) atoms. The summed E-state index contributed by atoms with van der Waals surface area (Å²) in [6.45, 7) is 6.88. The van der Waals surface area contributed by atoms with Crippen LogP contribution in [0.2, 0.25) is 0 Å². The number of rotatable bonds is 3. The molecule has 1 aliphatic heterocycles. The molecule has 0 aromatic heterocycles. The molecular formula is C13H19NO4S. The Morgan fingerprint density at radius 1 is 1.32 bits per heavy atom. The zero-order valence-electron chi connectivity index (χ0n) is 11.9. The molecule has 6 heteroatoms. The minimum atomic E-state index is -1.02. The van der Waals surface area contributed by atoms with Gasteiger partial charge in [-0.1, -0.05) is 32.5 Å². The van der Waals surface area contributed by atoms with E-state index in [-0.39, 0.29) is 28.0 Å². The average molecular weight is 285 g/mol. The molecule has 0 aromatic carbocycles. The van der Waals surface area contributed by atoms with E-state index in [9.17, 15) is 19.2 Å². The van der Waals surface area contributed by atoms with Crippen LogP contribution in [-0.2, 0) is 19.2 Å². The highest BCUT2D eigenvalue weighted by atomic mass is 32.2. The molecule has 1 rings (SSSR count). The third-order valence-electron chi connectivity index (χ3n) is 2.92. The van der Waals surface area contributed by atoms with E-state index in [1.807, 2.05) is 20.8 Å². The van der Waals surface area contributed by atoms with Crippen molar-refractivity contribution >= 4 is 34.5 Å². The molecular weight excluding hydrogens is 266 g/mol. The van der Waals surface area contributed by atoms with Crippen LogP contribution in [0.1, 0.15) is 34.1 Å². The summed E-state index contributed by atoms with van der Waals surface area (Å²) in [5, 5.41) is -0.332. The molecule has 1 saturated heterocycles. The topological polar surface area (TPSA) is 71.5 Å². The van der Waals surface area contributed by atoms with Gasteiger partial charge in [-0.25, -0.2) is 0 Å². The number of carbonyl (C=O) groups is 4. The normalized spacial score (nSPS) is 21.7. The Morgan fingerprint density at radius 3 is 2.16 bits per heavy atom. The molecule has 2 atom stereocenters. The smallest absolute Gasteiger partial charge is 0.233 e. The predicted molar refractivity (Wildman–Crippen MR) is 72.4 cm³/mol. The van der Waals surface area contributed by atoms with Gasteiger partial charge in [-0.3, -0.25) is 24.1 Å². The van der Waals surface area contributed by atoms with Crippen LogP contribution in [0.4, 0.5) is 0 Å². The molecule has 1 fully saturated rings. The molecule has 0 saturated carbocycles. The fourth-order valence-corrected chi connectivity index (χ4v) is 3.08. The standard InChI is InChI=1S/C13H19NO4S/c1-7(15)10(12(18)19-13(2,3)4)8-6-9(16)14(5)11(8)17/h8,10H,6H2,1-5H3/t8-,10?/m1/s1. The summed E-state index contributed by atoms with van der Waals surface area (Å²) >= 11 is 1.04. The van der Waals surface area contributed by atoms with Gasteiger partial charge in [0.2, 0.25) is 16.9 Å². The predicted octanol–water partition coefficient (Wildman–Crippen LogP) is 1.25. The molecule has 0 bridgehead atoms. The van der Waals surface area contributed by atoms with E-state index in [0.29, 0.717) is 0 Å². The summed E-state index contributed by atoms with van der Waals surface area (Å²) < 4.78 is -0.331. The summed E-state index contributed by atoms with van der Waals surface area (Å²) in [7, 11) is 1.38. The van der Waals surface area contributed by atoms with Crippen LogP contribution in [0.15, 0.2) is 0 Å². The van der Waals surface area contributed by atoms with E-state index in [0.717, 1.165) is 16.7 Å². The largest absolute Gasteiger partial charge is 0.299 e. The molecule has 1 aliphatic rings. The highest BCUT2D eigenvalue weighted by molar-refractivity contribution is 8.14. The lowest BCUT2D eigenvalue weighted by atomic mass is 9.89. The van der Waals surface area contributed by atoms with E-state index < -0.39 is 17.7 Å². The summed E-state index contributed by atoms with van der Waals surface area (Å²) in [5.74, 6) is -2.99. The number of likely N-dealkylation sites (tertiary alicyclic amines) is 1. The number of thioether (sulfide) groups is 1. The van der Waals surface area contributed by atoms with Gasteiger partial charge >= 0.3 is 0 Å². The molecule has 0 spiro atoms. The Balaban J connectivity index is 2.97. The first kappa shape index (κ1) is 15.9. The van der Waals surface area contributed by atoms with Gasteiger partial charge in [0.05, 0.1) is 11.8 Å². The lowest BCUT2D eigenvalue weighted by Crippen LogP contribution is -2.35. The Kier molecular flexibility index (Phi) is 4.55. The highest BCUT2D eigenvalue weighted by Crippen LogP contribution is 2.34. The molecule has 0 aliphatic carbocycles. The van der Waals surface area contributed by atoms with Crippen molar-refractivity contribution in [2.75, 3.05) is 7.05 Å². The molecule has 0 aromatic rings. The van der Waals surface area contributed by atoms with Gasteiger partial charge in [0.25, 0.3) is 0 Å². The van der Waals surface area contributed by atoms with Crippen molar-refractivity contribution in [3.8, 4) is 0 Å². The minimum absolute atomic E-state index is 0.0595. The summed E-state index contributed by atoms with van der Waals surface area (Å²) in [6.07, 6.45) is -0.0595. The van der Waals surface area contributed by atoms with Crippen LogP contribution in [0.5, 0.6) is 0 Å². The Morgan fingerprint density at radius 2 is 1.84 bits per heavy atom. The third-order valence-corrected chi connectivity index (χ3v) is 3.98. The third kappa shape index (κ3) is 3.65. The van der Waals surface area contributed by atoms with Crippen LogP contribution in [0, 0.1) is 11.8 Å². The van der Waals surface area contributed by atoms with Crippen molar-refractivity contribution in [3.05, 3.63) is 0 Å². The Bertz CT molecular complexity index is 438. The monoisotopic (exact) mass is 285 g/mol. The van der Waals surface area contributed by atoms with Crippen molar-refractivity contribution in [3.63, 3.8) is 0 Å². The number of nitrogens with zero attached hydrogens (tertiary/aromatic N) is 1. The summed E-state index contributed by atoms with van der Waals surface area (Å²) in [5.41, 5.74) is 0. The number of carbonyl (C=O) groups excluding carboxylic acids is 4. The lowest BCUT2D eigenvalue weighted by molar-refractivity contribution is -0.141. The minimum Gasteiger partial charge on any atom is -0.299 e. The molecule has 2 amide bonds. The SMILES string of the molecule is CC(=O)C(C(=O)SC(C)(C)C)[C@H]1CC(=O)N(C)C1=O. The van der Waals surface area contributed by atoms with Crippen LogP contribution < -0.4 is 0 Å². The van der Waals surface area contributed by atoms with Crippen LogP contribution in [0.3, 0.4) is 0 Å². The van der Waals surface area contributed by atoms with E-state index in [1.54, 1.807) is 0 Å². The number of hydrogen-bond acceptors (Lipinski definition) is 5. The number of amides is 2. The van der Waals surface area contributed by atoms with Crippen LogP contribution in [0.25, 0.3) is 0 Å². The number of hydrogen-bond donors (Lipinski definition) is 0. The second kappa shape index (κ2) is 5.45. The molecule has 1 heterocycles. The first-order valence-corrected chi connectivity index (χ1v) is 6.90. The zero-order valence-corrected chi connectivity index (χ0v) is 12.7. The molecule has 0 radical (unpaired) electrons. The second-order valence-electron chi connectivity index (χ2n) is 5.72. The van der Waals surface area contributed by atoms with E-state index >= 15 is 0 Å². The molecule has 5 nitrogen and oxygen atoms in total. The average Bonchev–Trinajstić information content (AvgIpc) is 2.43. The van der Waals surface area contributed by atoms with Crippen molar-refractivity contribution in [1.82, 2.24) is 4.90 Å².